The van der Waals surface area contributed by atoms with Crippen molar-refractivity contribution in [3.05, 3.63) is 77.1 Å². The Kier molecular flexibility index (Phi) is 7.57. The number of hydrogen-bond donors (Lipinski definition) is 0. The highest BCUT2D eigenvalue weighted by molar-refractivity contribution is 7.10. The van der Waals surface area contributed by atoms with E-state index in [9.17, 15) is 9.59 Å². The second-order valence-corrected chi connectivity index (χ2v) is 10.4. The van der Waals surface area contributed by atoms with E-state index in [0.29, 0.717) is 45.3 Å². The van der Waals surface area contributed by atoms with Gasteiger partial charge in [0.2, 0.25) is 0 Å². The number of carbonyl (C=O) groups excluding carboxylic acids is 1. The van der Waals surface area contributed by atoms with Crippen LogP contribution in [0.4, 0.5) is 0 Å². The molecule has 1 aromatic carbocycles. The van der Waals surface area contributed by atoms with Gasteiger partial charge >= 0.3 is 5.97 Å². The van der Waals surface area contributed by atoms with E-state index in [-0.39, 0.29) is 11.5 Å². The summed E-state index contributed by atoms with van der Waals surface area (Å²) < 4.78 is 18.7. The highest BCUT2D eigenvalue weighted by atomic mass is 32.1. The molecule has 7 nitrogen and oxygen atoms in total. The van der Waals surface area contributed by atoms with Crippen LogP contribution in [0.1, 0.15) is 44.2 Å². The van der Waals surface area contributed by atoms with Crippen molar-refractivity contribution in [3.8, 4) is 11.5 Å². The fourth-order valence-electron chi connectivity index (χ4n) is 3.82. The molecule has 1 unspecified atom stereocenters. The normalized spacial score (nSPS) is 15.7. The minimum atomic E-state index is -0.581. The summed E-state index contributed by atoms with van der Waals surface area (Å²) in [5.74, 6) is 0.999. The van der Waals surface area contributed by atoms with Crippen molar-refractivity contribution >= 4 is 34.7 Å². The summed E-state index contributed by atoms with van der Waals surface area (Å²) in [7, 11) is 1.58. The Hall–Kier alpha value is -3.17. The van der Waals surface area contributed by atoms with E-state index in [4.69, 9.17) is 14.2 Å². The SMILES string of the molecule is CCOc1ccc(C=c2sc3n(c2=O)C(c2cccs2)C(C(=O)OCC(C)C)=C(C)N=3)cc1OC. The van der Waals surface area contributed by atoms with Crippen LogP contribution in [0.25, 0.3) is 6.08 Å². The third kappa shape index (κ3) is 5.11. The number of carbonyl (C=O) groups is 1. The standard InChI is InChI=1S/C26H28N2O5S2/c1-6-32-18-10-9-17(12-19(18)31-5)13-21-24(29)28-23(20-8-7-11-34-20)22(16(4)27-26(28)35-21)25(30)33-14-15(2)3/h7-13,15,23H,6,14H2,1-5H3. The fraction of sp³-hybridized carbons (Fsp3) is 0.346. The maximum atomic E-state index is 13.6. The number of thiophene rings is 1. The molecule has 3 heterocycles. The van der Waals surface area contributed by atoms with Gasteiger partial charge in [-0.05, 0) is 55.0 Å². The summed E-state index contributed by atoms with van der Waals surface area (Å²) in [5, 5.41) is 1.93. The van der Waals surface area contributed by atoms with Gasteiger partial charge in [-0.1, -0.05) is 37.3 Å². The van der Waals surface area contributed by atoms with Crippen molar-refractivity contribution in [3.63, 3.8) is 0 Å². The smallest absolute Gasteiger partial charge is 0.338 e. The average molecular weight is 513 g/mol. The van der Waals surface area contributed by atoms with Crippen LogP contribution in [-0.2, 0) is 9.53 Å². The highest BCUT2D eigenvalue weighted by Gasteiger charge is 2.34. The molecule has 0 radical (unpaired) electrons. The van der Waals surface area contributed by atoms with E-state index >= 15 is 0 Å². The van der Waals surface area contributed by atoms with Crippen molar-refractivity contribution < 1.29 is 19.0 Å². The van der Waals surface area contributed by atoms with Gasteiger partial charge in [0.15, 0.2) is 16.3 Å². The van der Waals surface area contributed by atoms with Crippen molar-refractivity contribution in [2.75, 3.05) is 20.3 Å². The molecule has 0 amide bonds. The number of rotatable bonds is 8. The number of fused-ring (bicyclic) bond motifs is 1. The van der Waals surface area contributed by atoms with Crippen LogP contribution in [0, 0.1) is 5.92 Å². The first kappa shape index (κ1) is 24.9. The van der Waals surface area contributed by atoms with Gasteiger partial charge in [0.25, 0.3) is 5.56 Å². The number of thiazole rings is 1. The molecule has 9 heteroatoms. The van der Waals surface area contributed by atoms with Crippen LogP contribution in [0.2, 0.25) is 0 Å². The Labute approximate surface area is 211 Å². The number of nitrogens with zero attached hydrogens (tertiary/aromatic N) is 2. The fourth-order valence-corrected chi connectivity index (χ4v) is 5.69. The first-order chi connectivity index (χ1) is 16.8. The molecule has 2 aromatic heterocycles. The predicted octanol–water partition coefficient (Wildman–Crippen LogP) is 3.90. The number of hydrogen-bond acceptors (Lipinski definition) is 8. The molecule has 0 bridgehead atoms. The Balaban J connectivity index is 1.83. The van der Waals surface area contributed by atoms with Crippen LogP contribution in [0.15, 0.2) is 56.8 Å². The zero-order valence-electron chi connectivity index (χ0n) is 20.4. The molecule has 4 rings (SSSR count). The van der Waals surface area contributed by atoms with Crippen LogP contribution in [-0.4, -0.2) is 30.9 Å². The topological polar surface area (TPSA) is 79.1 Å². The lowest BCUT2D eigenvalue weighted by Gasteiger charge is -2.23. The zero-order chi connectivity index (χ0) is 25.1. The summed E-state index contributed by atoms with van der Waals surface area (Å²) >= 11 is 2.79. The van der Waals surface area contributed by atoms with E-state index in [1.165, 1.54) is 22.7 Å². The van der Waals surface area contributed by atoms with E-state index in [2.05, 4.69) is 4.99 Å². The van der Waals surface area contributed by atoms with Gasteiger partial charge in [-0.25, -0.2) is 9.79 Å². The minimum absolute atomic E-state index is 0.201. The maximum Gasteiger partial charge on any atom is 0.338 e. The van der Waals surface area contributed by atoms with Crippen LogP contribution < -0.4 is 24.4 Å². The van der Waals surface area contributed by atoms with Gasteiger partial charge in [0, 0.05) is 4.88 Å². The molecule has 0 spiro atoms. The van der Waals surface area contributed by atoms with Crippen LogP contribution >= 0.6 is 22.7 Å². The molecule has 0 fully saturated rings. The molecule has 0 saturated heterocycles. The molecule has 0 saturated carbocycles. The van der Waals surface area contributed by atoms with Crippen molar-refractivity contribution in [2.45, 2.75) is 33.7 Å². The van der Waals surface area contributed by atoms with Gasteiger partial charge in [-0.3, -0.25) is 9.36 Å². The molecule has 1 aliphatic rings. The van der Waals surface area contributed by atoms with Crippen LogP contribution in [0.5, 0.6) is 11.5 Å². The number of esters is 1. The average Bonchev–Trinajstić information content (AvgIpc) is 3.46. The second kappa shape index (κ2) is 10.6. The third-order valence-corrected chi connectivity index (χ3v) is 7.29. The Morgan fingerprint density at radius 2 is 2.06 bits per heavy atom. The number of benzene rings is 1. The van der Waals surface area contributed by atoms with E-state index in [1.807, 2.05) is 62.6 Å². The lowest BCUT2D eigenvalue weighted by molar-refractivity contribution is -0.140. The molecular formula is C26H28N2O5S2. The van der Waals surface area contributed by atoms with Gasteiger partial charge in [-0.15, -0.1) is 11.3 Å². The number of methoxy groups -OCH3 is 1. The second-order valence-electron chi connectivity index (χ2n) is 8.43. The van der Waals surface area contributed by atoms with E-state index in [1.54, 1.807) is 18.6 Å². The maximum absolute atomic E-state index is 13.6. The Morgan fingerprint density at radius 3 is 2.71 bits per heavy atom. The van der Waals surface area contributed by atoms with Crippen molar-refractivity contribution in [1.29, 1.82) is 0 Å². The zero-order valence-corrected chi connectivity index (χ0v) is 22.0. The molecule has 35 heavy (non-hydrogen) atoms. The summed E-state index contributed by atoms with van der Waals surface area (Å²) in [6, 6.07) is 8.80. The lowest BCUT2D eigenvalue weighted by atomic mass is 10.0. The van der Waals surface area contributed by atoms with Gasteiger partial charge in [-0.2, -0.15) is 0 Å². The summed E-state index contributed by atoms with van der Waals surface area (Å²) in [6.07, 6.45) is 1.81. The van der Waals surface area contributed by atoms with E-state index in [0.717, 1.165) is 10.4 Å². The summed E-state index contributed by atoms with van der Waals surface area (Å²) in [6.45, 7) is 8.50. The molecule has 184 valence electrons. The molecule has 3 aromatic rings. The Morgan fingerprint density at radius 1 is 1.26 bits per heavy atom. The molecule has 1 aliphatic heterocycles. The first-order valence-corrected chi connectivity index (χ1v) is 13.1. The number of ether oxygens (including phenoxy) is 3. The largest absolute Gasteiger partial charge is 0.493 e. The Bertz CT molecular complexity index is 1430. The van der Waals surface area contributed by atoms with Gasteiger partial charge < -0.3 is 14.2 Å². The van der Waals surface area contributed by atoms with Crippen LogP contribution in [0.3, 0.4) is 0 Å². The molecule has 1 atom stereocenters. The number of aromatic nitrogens is 1. The molecule has 0 N–H and O–H groups in total. The quantitative estimate of drug-likeness (QED) is 0.428. The van der Waals surface area contributed by atoms with Gasteiger partial charge in [0.05, 0.1) is 36.1 Å². The van der Waals surface area contributed by atoms with Gasteiger partial charge in [0.1, 0.15) is 6.04 Å². The predicted molar refractivity (Wildman–Crippen MR) is 138 cm³/mol. The molecule has 0 aliphatic carbocycles. The minimum Gasteiger partial charge on any atom is -0.493 e. The summed E-state index contributed by atoms with van der Waals surface area (Å²) in [4.78, 5) is 32.8. The lowest BCUT2D eigenvalue weighted by Crippen LogP contribution is -2.39. The van der Waals surface area contributed by atoms with Crippen molar-refractivity contribution in [1.82, 2.24) is 4.57 Å². The van der Waals surface area contributed by atoms with Crippen molar-refractivity contribution in [2.24, 2.45) is 10.9 Å². The first-order valence-electron chi connectivity index (χ1n) is 11.4. The molecular weight excluding hydrogens is 484 g/mol. The third-order valence-electron chi connectivity index (χ3n) is 5.39. The summed E-state index contributed by atoms with van der Waals surface area (Å²) in [5.41, 5.74) is 1.56. The monoisotopic (exact) mass is 512 g/mol. The number of allylic oxidation sites excluding steroid dienone is 1. The highest BCUT2D eigenvalue weighted by Crippen LogP contribution is 2.33. The van der Waals surface area contributed by atoms with E-state index < -0.39 is 12.0 Å².